The number of nitrogens with zero attached hydrogens (tertiary/aromatic N) is 2. The smallest absolute Gasteiger partial charge is 0.323 e. The van der Waals surface area contributed by atoms with Gasteiger partial charge in [0, 0.05) is 36.8 Å². The number of rotatable bonds is 7. The Balaban J connectivity index is 1.83. The molecule has 1 saturated heterocycles. The fourth-order valence-electron chi connectivity index (χ4n) is 5.04. The lowest BCUT2D eigenvalue weighted by atomic mass is 9.86. The molecule has 2 unspecified atom stereocenters. The minimum absolute atomic E-state index is 0.182. The summed E-state index contributed by atoms with van der Waals surface area (Å²) in [5.74, 6) is -2.50. The first kappa shape index (κ1) is 24.3. The number of carboxylic acids is 1. The molecule has 0 amide bonds. The molecule has 1 fully saturated rings. The Labute approximate surface area is 198 Å². The summed E-state index contributed by atoms with van der Waals surface area (Å²) in [7, 11) is -3.70. The highest BCUT2D eigenvalue weighted by Gasteiger charge is 2.33. The summed E-state index contributed by atoms with van der Waals surface area (Å²) in [6.07, 6.45) is 3.76. The average Bonchev–Trinajstić information content (AvgIpc) is 3.40. The van der Waals surface area contributed by atoms with E-state index in [1.165, 1.54) is 16.5 Å². The van der Waals surface area contributed by atoms with Crippen LogP contribution in [0.25, 0.3) is 0 Å². The summed E-state index contributed by atoms with van der Waals surface area (Å²) in [5, 5.41) is 9.42. The number of allylic oxidation sites excluding steroid dienone is 4. The van der Waals surface area contributed by atoms with E-state index in [1.54, 1.807) is 42.7 Å². The van der Waals surface area contributed by atoms with Crippen molar-refractivity contribution in [2.75, 3.05) is 13.1 Å². The zero-order chi connectivity index (χ0) is 24.6. The minimum Gasteiger partial charge on any atom is -0.480 e. The van der Waals surface area contributed by atoms with Gasteiger partial charge in [-0.15, -0.1) is 0 Å². The van der Waals surface area contributed by atoms with Gasteiger partial charge in [0.25, 0.3) is 0 Å². The van der Waals surface area contributed by atoms with Gasteiger partial charge in [-0.3, -0.25) is 4.79 Å². The quantitative estimate of drug-likeness (QED) is 0.624. The molecule has 182 valence electrons. The van der Waals surface area contributed by atoms with Crippen molar-refractivity contribution in [3.63, 3.8) is 0 Å². The van der Waals surface area contributed by atoms with Crippen molar-refractivity contribution in [1.82, 2.24) is 8.87 Å². The molecule has 0 spiro atoms. The van der Waals surface area contributed by atoms with Crippen LogP contribution in [0.2, 0.25) is 0 Å². The Kier molecular flexibility index (Phi) is 6.78. The SMILES string of the molecule is Cc1c(Cc2ccccc2S(=O)(=O)N2CCCC2)c(C2C=CC(F)=CC2F)c(C)n1CC(=O)O. The molecule has 0 radical (unpaired) electrons. The number of hydrogen-bond acceptors (Lipinski definition) is 3. The lowest BCUT2D eigenvalue weighted by Gasteiger charge is -2.22. The molecule has 0 bridgehead atoms. The Morgan fingerprint density at radius 3 is 2.47 bits per heavy atom. The first-order valence-electron chi connectivity index (χ1n) is 11.3. The molecular formula is C25H28F2N2O4S. The van der Waals surface area contributed by atoms with Gasteiger partial charge in [-0.05, 0) is 61.6 Å². The van der Waals surface area contributed by atoms with Gasteiger partial charge >= 0.3 is 5.97 Å². The number of hydrogen-bond donors (Lipinski definition) is 1. The number of aliphatic carboxylic acids is 1. The molecule has 1 aliphatic carbocycles. The first-order valence-corrected chi connectivity index (χ1v) is 12.7. The predicted molar refractivity (Wildman–Crippen MR) is 125 cm³/mol. The summed E-state index contributed by atoms with van der Waals surface area (Å²) < 4.78 is 58.4. The Bertz CT molecular complexity index is 1270. The van der Waals surface area contributed by atoms with Gasteiger partial charge in [-0.25, -0.2) is 17.2 Å². The van der Waals surface area contributed by atoms with E-state index < -0.39 is 33.9 Å². The zero-order valence-corrected chi connectivity index (χ0v) is 20.0. The number of halogens is 2. The van der Waals surface area contributed by atoms with Gasteiger partial charge in [-0.2, -0.15) is 4.31 Å². The van der Waals surface area contributed by atoms with Gasteiger partial charge in [0.1, 0.15) is 18.5 Å². The normalized spacial score (nSPS) is 21.1. The molecule has 34 heavy (non-hydrogen) atoms. The summed E-state index contributed by atoms with van der Waals surface area (Å²) in [6.45, 7) is 4.11. The second-order valence-corrected chi connectivity index (χ2v) is 10.7. The molecule has 9 heteroatoms. The van der Waals surface area contributed by atoms with Crippen LogP contribution in [0.3, 0.4) is 0 Å². The maximum atomic E-state index is 15.0. The second-order valence-electron chi connectivity index (χ2n) is 8.82. The maximum absolute atomic E-state index is 15.0. The standard InChI is InChI=1S/C25H28F2N2O4S/c1-16-21(13-18-7-3-4-8-23(18)34(32,33)28-11-5-6-12-28)25(17(2)29(16)15-24(30)31)20-10-9-19(26)14-22(20)27/h3-4,7-10,14,20,22H,5-6,11-13,15H2,1-2H3,(H,30,31). The maximum Gasteiger partial charge on any atom is 0.323 e. The molecule has 1 aromatic carbocycles. The molecule has 0 saturated carbocycles. The molecule has 4 rings (SSSR count). The van der Waals surface area contributed by atoms with Crippen LogP contribution in [0.15, 0.2) is 53.2 Å². The van der Waals surface area contributed by atoms with Crippen LogP contribution >= 0.6 is 0 Å². The highest BCUT2D eigenvalue weighted by Crippen LogP contribution is 2.38. The van der Waals surface area contributed by atoms with Crippen molar-refractivity contribution in [1.29, 1.82) is 0 Å². The molecule has 1 N–H and O–H groups in total. The van der Waals surface area contributed by atoms with Crippen molar-refractivity contribution >= 4 is 16.0 Å². The van der Waals surface area contributed by atoms with Gasteiger partial charge in [-0.1, -0.05) is 24.3 Å². The lowest BCUT2D eigenvalue weighted by Crippen LogP contribution is -2.28. The monoisotopic (exact) mass is 490 g/mol. The minimum atomic E-state index is -3.70. The van der Waals surface area contributed by atoms with Gasteiger partial charge in [0.2, 0.25) is 10.0 Å². The third-order valence-corrected chi connectivity index (χ3v) is 8.73. The largest absolute Gasteiger partial charge is 0.480 e. The van der Waals surface area contributed by atoms with Gasteiger partial charge in [0.15, 0.2) is 0 Å². The number of carbonyl (C=O) groups is 1. The summed E-state index contributed by atoms with van der Waals surface area (Å²) >= 11 is 0. The fourth-order valence-corrected chi connectivity index (χ4v) is 6.78. The third kappa shape index (κ3) is 4.46. The van der Waals surface area contributed by atoms with Crippen molar-refractivity contribution < 1.29 is 27.1 Å². The highest BCUT2D eigenvalue weighted by molar-refractivity contribution is 7.89. The van der Waals surface area contributed by atoms with Crippen molar-refractivity contribution in [2.45, 2.75) is 56.6 Å². The van der Waals surface area contributed by atoms with Crippen molar-refractivity contribution in [2.24, 2.45) is 0 Å². The van der Waals surface area contributed by atoms with Crippen LogP contribution in [0, 0.1) is 13.8 Å². The van der Waals surface area contributed by atoms with E-state index in [0.717, 1.165) is 18.9 Å². The average molecular weight is 491 g/mol. The van der Waals surface area contributed by atoms with Gasteiger partial charge < -0.3 is 9.67 Å². The number of sulfonamides is 1. The molecule has 2 heterocycles. The molecule has 6 nitrogen and oxygen atoms in total. The van der Waals surface area contributed by atoms with Crippen LogP contribution < -0.4 is 0 Å². The van der Waals surface area contributed by atoms with Crippen LogP contribution in [0.4, 0.5) is 8.78 Å². The highest BCUT2D eigenvalue weighted by atomic mass is 32.2. The predicted octanol–water partition coefficient (Wildman–Crippen LogP) is 4.41. The van der Waals surface area contributed by atoms with Crippen molar-refractivity contribution in [3.8, 4) is 0 Å². The number of aromatic nitrogens is 1. The number of alkyl halides is 1. The van der Waals surface area contributed by atoms with E-state index in [-0.39, 0.29) is 17.9 Å². The molecule has 1 aromatic heterocycles. The van der Waals surface area contributed by atoms with E-state index >= 15 is 0 Å². The molecule has 1 aliphatic heterocycles. The van der Waals surface area contributed by atoms with E-state index in [2.05, 4.69) is 0 Å². The van der Waals surface area contributed by atoms with Crippen LogP contribution in [0.1, 0.15) is 46.8 Å². The van der Waals surface area contributed by atoms with E-state index in [9.17, 15) is 27.1 Å². The second kappa shape index (κ2) is 9.46. The lowest BCUT2D eigenvalue weighted by molar-refractivity contribution is -0.137. The van der Waals surface area contributed by atoms with Crippen LogP contribution in [0.5, 0.6) is 0 Å². The molecule has 2 aromatic rings. The van der Waals surface area contributed by atoms with E-state index in [1.807, 2.05) is 0 Å². The Morgan fingerprint density at radius 2 is 1.82 bits per heavy atom. The zero-order valence-electron chi connectivity index (χ0n) is 19.2. The first-order chi connectivity index (χ1) is 16.1. The fraction of sp³-hybridized carbons (Fsp3) is 0.400. The number of benzene rings is 1. The molecule has 2 aliphatic rings. The molecule has 2 atom stereocenters. The van der Waals surface area contributed by atoms with Gasteiger partial charge in [0.05, 0.1) is 4.90 Å². The summed E-state index contributed by atoms with van der Waals surface area (Å²) in [6, 6.07) is 6.75. The van der Waals surface area contributed by atoms with Crippen molar-refractivity contribution in [3.05, 3.63) is 76.4 Å². The van der Waals surface area contributed by atoms with Crippen LogP contribution in [-0.2, 0) is 27.8 Å². The Hall–Kier alpha value is -2.78. The summed E-state index contributed by atoms with van der Waals surface area (Å²) in [5.41, 5.74) is 2.99. The topological polar surface area (TPSA) is 79.6 Å². The summed E-state index contributed by atoms with van der Waals surface area (Å²) in [4.78, 5) is 11.7. The molecular weight excluding hydrogens is 462 g/mol. The van der Waals surface area contributed by atoms with E-state index in [4.69, 9.17) is 0 Å². The number of carboxylic acid groups (broad SMARTS) is 1. The van der Waals surface area contributed by atoms with Crippen LogP contribution in [-0.4, -0.2) is 47.6 Å². The Morgan fingerprint density at radius 1 is 1.15 bits per heavy atom. The van der Waals surface area contributed by atoms with E-state index in [0.29, 0.717) is 41.2 Å². The third-order valence-electron chi connectivity index (χ3n) is 6.74.